The summed E-state index contributed by atoms with van der Waals surface area (Å²) in [5, 5.41) is 39.5. The third-order valence-corrected chi connectivity index (χ3v) is 14.2. The smallest absolute Gasteiger partial charge is 0.228 e. The van der Waals surface area contributed by atoms with Gasteiger partial charge in [-0.05, 0) is 87.0 Å². The van der Waals surface area contributed by atoms with Crippen molar-refractivity contribution in [3.63, 3.8) is 0 Å². The molecule has 0 amide bonds. The summed E-state index contributed by atoms with van der Waals surface area (Å²) in [6.45, 7) is 3.25. The number of fused-ring (bicyclic) bond motifs is 2. The molecule has 22 nitrogen and oxygen atoms in total. The zero-order valence-corrected chi connectivity index (χ0v) is 45.6. The molecule has 0 bridgehead atoms. The Labute approximate surface area is 461 Å². The van der Waals surface area contributed by atoms with Crippen molar-refractivity contribution in [1.29, 1.82) is 0 Å². The van der Waals surface area contributed by atoms with Crippen LogP contribution in [0.25, 0.3) is 33.2 Å². The van der Waals surface area contributed by atoms with Crippen LogP contribution < -0.4 is 54.2 Å². The van der Waals surface area contributed by atoms with Gasteiger partial charge >= 0.3 is 0 Å². The summed E-state index contributed by atoms with van der Waals surface area (Å²) >= 11 is 5.99. The normalized spacial score (nSPS) is 16.8. The molecule has 24 heteroatoms. The Bertz CT molecular complexity index is 3300. The van der Waals surface area contributed by atoms with Gasteiger partial charge in [0.1, 0.15) is 41.7 Å². The highest BCUT2D eigenvalue weighted by Crippen LogP contribution is 2.41. The Morgan fingerprint density at radius 3 is 1.59 bits per heavy atom. The molecular weight excluding hydrogens is 1040 g/mol. The number of hydrogen-bond acceptors (Lipinski definition) is 20. The van der Waals surface area contributed by atoms with Crippen molar-refractivity contribution in [3.8, 4) is 45.9 Å². The number of nitrogens with zero attached hydrogens (tertiary/aromatic N) is 10. The van der Waals surface area contributed by atoms with Crippen LogP contribution in [-0.4, -0.2) is 155 Å². The number of hydrogen-bond donors (Lipinski definition) is 6. The quantitative estimate of drug-likeness (QED) is 0.0480. The van der Waals surface area contributed by atoms with E-state index in [9.17, 15) is 14.6 Å². The van der Waals surface area contributed by atoms with Gasteiger partial charge in [-0.1, -0.05) is 0 Å². The van der Waals surface area contributed by atoms with Crippen LogP contribution in [0.3, 0.4) is 0 Å². The van der Waals surface area contributed by atoms with Crippen LogP contribution in [-0.2, 0) is 0 Å². The van der Waals surface area contributed by atoms with E-state index >= 15 is 0 Å². The second-order valence-electron chi connectivity index (χ2n) is 18.7. The third-order valence-electron chi connectivity index (χ3n) is 14.0. The van der Waals surface area contributed by atoms with Crippen molar-refractivity contribution in [2.75, 3.05) is 103 Å². The van der Waals surface area contributed by atoms with Gasteiger partial charge in [0.05, 0.1) is 109 Å². The minimum atomic E-state index is -0.408. The lowest BCUT2D eigenvalue weighted by Crippen LogP contribution is -2.33. The van der Waals surface area contributed by atoms with E-state index in [4.69, 9.17) is 55.1 Å². The van der Waals surface area contributed by atoms with Crippen LogP contribution in [0, 0.1) is 5.82 Å². The van der Waals surface area contributed by atoms with E-state index in [-0.39, 0.29) is 30.6 Å². The molecule has 4 aromatic carbocycles. The van der Waals surface area contributed by atoms with Crippen LogP contribution in [0.2, 0.25) is 5.28 Å². The number of halogens is 2. The van der Waals surface area contributed by atoms with E-state index in [2.05, 4.69) is 57.8 Å². The van der Waals surface area contributed by atoms with Gasteiger partial charge in [0.2, 0.25) is 22.7 Å². The third kappa shape index (κ3) is 12.5. The number of rotatable bonds is 17. The number of ether oxygens (including phenoxy) is 6. The highest BCUT2D eigenvalue weighted by Gasteiger charge is 2.29. The fraction of sp³-hybridized carbons (Fsp3) is 0.382. The summed E-state index contributed by atoms with van der Waals surface area (Å²) in [5.41, 5.74) is 3.74. The first kappa shape index (κ1) is 55.8. The first-order chi connectivity index (χ1) is 38.5. The molecule has 6 N–H and O–H groups in total. The van der Waals surface area contributed by atoms with Gasteiger partial charge in [-0.2, -0.15) is 9.97 Å². The molecular formula is C55H65ClFN13O9. The molecule has 3 atom stereocenters. The van der Waals surface area contributed by atoms with Crippen LogP contribution in [0.4, 0.5) is 39.3 Å². The SMILES string of the molecule is COc1cc(-n2cnc(Nc3nc(Cl)nc4cc(F)ccc34)c2)cc(OC)c1OC.COc1cc(-n2cnc(Nc3nc(N4CCC[C@@H]4CO)nc4cc(N5CCC[C@@H]5CO)ccc34)c2)cc(OC)c1OC.OC[C@H]1CCCN1. The van der Waals surface area contributed by atoms with Crippen molar-refractivity contribution in [3.05, 3.63) is 96.8 Å². The average Bonchev–Trinajstić information content (AvgIpc) is 4.40. The predicted octanol–water partition coefficient (Wildman–Crippen LogP) is 7.62. The monoisotopic (exact) mass is 1110 g/mol. The lowest BCUT2D eigenvalue weighted by atomic mass is 10.1. The largest absolute Gasteiger partial charge is 0.493 e. The molecule has 3 aliphatic heterocycles. The number of nitrogens with one attached hydrogen (secondary N) is 3. The Kier molecular flexibility index (Phi) is 18.1. The molecule has 0 aliphatic carbocycles. The molecule has 3 fully saturated rings. The van der Waals surface area contributed by atoms with Gasteiger partial charge in [-0.3, -0.25) is 0 Å². The molecule has 79 heavy (non-hydrogen) atoms. The number of aliphatic hydroxyl groups is 3. The zero-order chi connectivity index (χ0) is 55.6. The van der Waals surface area contributed by atoms with Gasteiger partial charge in [0.15, 0.2) is 23.0 Å². The molecule has 8 aromatic rings. The van der Waals surface area contributed by atoms with Crippen LogP contribution >= 0.6 is 11.6 Å². The fourth-order valence-corrected chi connectivity index (χ4v) is 10.2. The second-order valence-corrected chi connectivity index (χ2v) is 19.1. The molecule has 3 saturated heterocycles. The highest BCUT2D eigenvalue weighted by molar-refractivity contribution is 6.28. The Morgan fingerprint density at radius 2 is 1.10 bits per heavy atom. The van der Waals surface area contributed by atoms with Gasteiger partial charge in [0.25, 0.3) is 0 Å². The summed E-state index contributed by atoms with van der Waals surface area (Å²) in [5.74, 6) is 5.45. The van der Waals surface area contributed by atoms with Crippen LogP contribution in [0.1, 0.15) is 38.5 Å². The number of benzene rings is 4. The highest BCUT2D eigenvalue weighted by atomic mass is 35.5. The van der Waals surface area contributed by atoms with E-state index < -0.39 is 5.82 Å². The molecule has 3 aliphatic rings. The Morgan fingerprint density at radius 1 is 0.582 bits per heavy atom. The van der Waals surface area contributed by atoms with E-state index in [1.807, 2.05) is 29.0 Å². The number of aromatic nitrogens is 8. The van der Waals surface area contributed by atoms with Gasteiger partial charge in [0, 0.05) is 65.9 Å². The minimum Gasteiger partial charge on any atom is -0.493 e. The summed E-state index contributed by atoms with van der Waals surface area (Å²) < 4.78 is 49.8. The maximum atomic E-state index is 13.5. The van der Waals surface area contributed by atoms with Crippen molar-refractivity contribution >= 4 is 68.3 Å². The Balaban J connectivity index is 0.000000178. The lowest BCUT2D eigenvalue weighted by molar-refractivity contribution is 0.255. The first-order valence-corrected chi connectivity index (χ1v) is 26.2. The van der Waals surface area contributed by atoms with Gasteiger partial charge < -0.3 is 78.6 Å². The van der Waals surface area contributed by atoms with Crippen molar-refractivity contribution in [2.24, 2.45) is 0 Å². The van der Waals surface area contributed by atoms with E-state index in [0.29, 0.717) is 87.3 Å². The molecule has 4 aromatic heterocycles. The maximum Gasteiger partial charge on any atom is 0.228 e. The van der Waals surface area contributed by atoms with Crippen molar-refractivity contribution in [1.82, 2.24) is 44.4 Å². The van der Waals surface area contributed by atoms with E-state index in [0.717, 1.165) is 79.7 Å². The van der Waals surface area contributed by atoms with E-state index in [1.54, 1.807) is 84.3 Å². The summed E-state index contributed by atoms with van der Waals surface area (Å²) in [7, 11) is 9.39. The lowest BCUT2D eigenvalue weighted by Gasteiger charge is -2.26. The Hall–Kier alpha value is -7.96. The standard InChI is InChI=1S/C30H37N7O5.C20H17ClFN5O3.C5H11NO/c1-40-25-13-22(14-26(41-2)28(25)42-3)35-15-27(31-18-35)33-29-23-9-8-19(36-10-4-6-20(36)16-38)12-24(23)32-30(34-29)37-11-5-7-21(37)17-39;1-28-15-7-12(8-16(29-2)18(15)30-3)27-9-17(23-10-27)25-19-13-5-4-11(22)6-14(13)24-20(21)26-19;7-4-5-2-1-3-6-5/h8-9,12-15,18,20-21,38-39H,4-7,10-11,16-17H2,1-3H3,(H,32,33,34);4-10H,1-3H3,(H,24,25,26);5-7H,1-4H2/t20-,21-;;5-/m1.1/s1. The summed E-state index contributed by atoms with van der Waals surface area (Å²) in [4.78, 5) is 31.4. The fourth-order valence-electron chi connectivity index (χ4n) is 9.98. The molecule has 0 saturated carbocycles. The van der Waals surface area contributed by atoms with Crippen LogP contribution in [0.5, 0.6) is 34.5 Å². The summed E-state index contributed by atoms with van der Waals surface area (Å²) in [6, 6.07) is 18.2. The zero-order valence-electron chi connectivity index (χ0n) is 44.8. The number of imidazole rings is 2. The van der Waals surface area contributed by atoms with Crippen LogP contribution in [0.15, 0.2) is 85.7 Å². The second kappa shape index (κ2) is 25.7. The average molecular weight is 1110 g/mol. The van der Waals surface area contributed by atoms with Gasteiger partial charge in [-0.25, -0.2) is 24.3 Å². The molecule has 0 unspecified atom stereocenters. The van der Waals surface area contributed by atoms with Crippen molar-refractivity contribution < 1.29 is 48.1 Å². The molecule has 11 rings (SSSR count). The molecule has 0 spiro atoms. The maximum absolute atomic E-state index is 13.5. The first-order valence-electron chi connectivity index (χ1n) is 25.8. The molecule has 418 valence electrons. The molecule has 7 heterocycles. The van der Waals surface area contributed by atoms with E-state index in [1.165, 1.54) is 18.6 Å². The van der Waals surface area contributed by atoms with Gasteiger partial charge in [-0.15, -0.1) is 0 Å². The summed E-state index contributed by atoms with van der Waals surface area (Å²) in [6.07, 6.45) is 13.2. The predicted molar refractivity (Wildman–Crippen MR) is 300 cm³/mol. The molecule has 0 radical (unpaired) electrons. The minimum absolute atomic E-state index is 0.000315. The number of anilines is 6. The topological polar surface area (TPSA) is 246 Å². The number of methoxy groups -OCH3 is 6. The van der Waals surface area contributed by atoms with Crippen molar-refractivity contribution in [2.45, 2.75) is 56.7 Å². The number of aliphatic hydroxyl groups excluding tert-OH is 3.